The number of carbonyl (C=O) groups excluding carboxylic acids is 1. The van der Waals surface area contributed by atoms with Crippen molar-refractivity contribution in [3.63, 3.8) is 0 Å². The minimum Gasteiger partial charge on any atom is -0.374 e. The van der Waals surface area contributed by atoms with Crippen molar-refractivity contribution in [1.29, 1.82) is 0 Å². The highest BCUT2D eigenvalue weighted by Crippen LogP contribution is 2.27. The zero-order chi connectivity index (χ0) is 16.6. The first-order chi connectivity index (χ1) is 11.0. The predicted octanol–water partition coefficient (Wildman–Crippen LogP) is 2.61. The van der Waals surface area contributed by atoms with Crippen molar-refractivity contribution < 1.29 is 4.79 Å². The van der Waals surface area contributed by atoms with Crippen molar-refractivity contribution in [2.75, 3.05) is 38.2 Å². The first-order valence-electron chi connectivity index (χ1n) is 7.76. The van der Waals surface area contributed by atoms with Gasteiger partial charge < -0.3 is 9.80 Å². The Bertz CT molecular complexity index is 690. The van der Waals surface area contributed by atoms with Gasteiger partial charge in [-0.3, -0.25) is 4.79 Å². The topological polar surface area (TPSA) is 39.2 Å². The van der Waals surface area contributed by atoms with Crippen LogP contribution in [0.4, 0.5) is 5.69 Å². The van der Waals surface area contributed by atoms with E-state index in [1.165, 1.54) is 5.01 Å². The lowest BCUT2D eigenvalue weighted by Crippen LogP contribution is -2.42. The Labute approximate surface area is 145 Å². The van der Waals surface area contributed by atoms with Gasteiger partial charge in [0.05, 0.1) is 17.0 Å². The summed E-state index contributed by atoms with van der Waals surface area (Å²) in [5.74, 6) is -0.0526. The van der Waals surface area contributed by atoms with Gasteiger partial charge in [0.15, 0.2) is 0 Å². The Morgan fingerprint density at radius 3 is 2.52 bits per heavy atom. The van der Waals surface area contributed by atoms with Gasteiger partial charge in [0.25, 0.3) is 5.91 Å². The van der Waals surface area contributed by atoms with E-state index in [0.717, 1.165) is 47.6 Å². The van der Waals surface area contributed by atoms with Gasteiger partial charge in [-0.25, -0.2) is 0 Å². The van der Waals surface area contributed by atoms with Crippen LogP contribution in [-0.2, 0) is 4.79 Å². The molecule has 1 fully saturated rings. The number of nitrogens with zero attached hydrogens (tertiary/aromatic N) is 4. The minimum atomic E-state index is -0.0526. The number of hydrogen-bond acceptors (Lipinski definition) is 4. The Morgan fingerprint density at radius 1 is 1.17 bits per heavy atom. The molecule has 2 aliphatic heterocycles. The second-order valence-electron chi connectivity index (χ2n) is 6.12. The largest absolute Gasteiger partial charge is 0.374 e. The monoisotopic (exact) mass is 376 g/mol. The number of benzene rings is 1. The number of likely N-dealkylation sites (N-methyl/N-ethyl adjacent to an activating group) is 1. The van der Waals surface area contributed by atoms with Gasteiger partial charge in [-0.1, -0.05) is 15.9 Å². The van der Waals surface area contributed by atoms with Crippen LogP contribution in [-0.4, -0.2) is 54.6 Å². The van der Waals surface area contributed by atoms with E-state index in [1.807, 2.05) is 38.2 Å². The molecular weight excluding hydrogens is 356 g/mol. The van der Waals surface area contributed by atoms with Gasteiger partial charge in [-0.05, 0) is 44.7 Å². The summed E-state index contributed by atoms with van der Waals surface area (Å²) in [6, 6.07) is 5.83. The lowest BCUT2D eigenvalue weighted by molar-refractivity contribution is -0.114. The second-order valence-corrected chi connectivity index (χ2v) is 6.97. The molecule has 0 aromatic heterocycles. The third-order valence-corrected chi connectivity index (χ3v) is 5.19. The average molecular weight is 377 g/mol. The summed E-state index contributed by atoms with van der Waals surface area (Å²) < 4.78 is 1.03. The summed E-state index contributed by atoms with van der Waals surface area (Å²) >= 11 is 3.49. The fourth-order valence-electron chi connectivity index (χ4n) is 2.74. The van der Waals surface area contributed by atoms with E-state index >= 15 is 0 Å². The van der Waals surface area contributed by atoms with E-state index in [9.17, 15) is 4.79 Å². The molecule has 0 radical (unpaired) electrons. The average Bonchev–Trinajstić information content (AvgIpc) is 2.80. The maximum Gasteiger partial charge on any atom is 0.282 e. The SMILES string of the molecule is CC1=NN(c2ccc(Br)c(C)c2)C(=O)/C1=C\N1CCN(C)CC1. The molecule has 2 heterocycles. The standard InChI is InChI=1S/C17H21BrN4O/c1-12-10-14(4-5-16(12)18)22-17(23)15(13(2)19-22)11-21-8-6-20(3)7-9-21/h4-5,10-11H,6-9H2,1-3H3/b15-11-. The van der Waals surface area contributed by atoms with Crippen LogP contribution in [0, 0.1) is 6.92 Å². The van der Waals surface area contributed by atoms with E-state index in [-0.39, 0.29) is 5.91 Å². The van der Waals surface area contributed by atoms with Gasteiger partial charge in [0, 0.05) is 36.9 Å². The third kappa shape index (κ3) is 3.33. The number of hydrazone groups is 1. The van der Waals surface area contributed by atoms with Crippen molar-refractivity contribution in [2.24, 2.45) is 5.10 Å². The third-order valence-electron chi connectivity index (χ3n) is 4.30. The van der Waals surface area contributed by atoms with Crippen LogP contribution in [0.25, 0.3) is 0 Å². The molecule has 1 aromatic rings. The van der Waals surface area contributed by atoms with E-state index in [2.05, 4.69) is 37.9 Å². The first kappa shape index (κ1) is 16.2. The molecule has 0 unspecified atom stereocenters. The van der Waals surface area contributed by atoms with Crippen LogP contribution in [0.15, 0.2) is 39.5 Å². The number of halogens is 1. The predicted molar refractivity (Wildman–Crippen MR) is 96.6 cm³/mol. The summed E-state index contributed by atoms with van der Waals surface area (Å²) in [5, 5.41) is 5.95. The van der Waals surface area contributed by atoms with Crippen molar-refractivity contribution >= 4 is 33.2 Å². The summed E-state index contributed by atoms with van der Waals surface area (Å²) in [4.78, 5) is 17.3. The Morgan fingerprint density at radius 2 is 1.87 bits per heavy atom. The molecule has 6 heteroatoms. The fraction of sp³-hybridized carbons (Fsp3) is 0.412. The number of carbonyl (C=O) groups is 1. The highest BCUT2D eigenvalue weighted by atomic mass is 79.9. The Balaban J connectivity index is 1.82. The zero-order valence-corrected chi connectivity index (χ0v) is 15.3. The smallest absolute Gasteiger partial charge is 0.282 e. The van der Waals surface area contributed by atoms with Crippen LogP contribution in [0.2, 0.25) is 0 Å². The van der Waals surface area contributed by atoms with Gasteiger partial charge in [0.1, 0.15) is 0 Å². The molecule has 0 atom stereocenters. The maximum absolute atomic E-state index is 12.7. The second kappa shape index (κ2) is 6.45. The van der Waals surface area contributed by atoms with Gasteiger partial charge in [-0.2, -0.15) is 10.1 Å². The molecule has 3 rings (SSSR count). The molecule has 0 saturated carbocycles. The van der Waals surface area contributed by atoms with E-state index in [1.54, 1.807) is 0 Å². The molecule has 1 aromatic carbocycles. The van der Waals surface area contributed by atoms with E-state index in [0.29, 0.717) is 5.57 Å². The summed E-state index contributed by atoms with van der Waals surface area (Å²) in [6.07, 6.45) is 1.97. The van der Waals surface area contributed by atoms with Crippen molar-refractivity contribution in [1.82, 2.24) is 9.80 Å². The molecule has 1 saturated heterocycles. The lowest BCUT2D eigenvalue weighted by Gasteiger charge is -2.31. The minimum absolute atomic E-state index is 0.0526. The van der Waals surface area contributed by atoms with Gasteiger partial charge in [-0.15, -0.1) is 0 Å². The number of rotatable bonds is 2. The fourth-order valence-corrected chi connectivity index (χ4v) is 2.98. The van der Waals surface area contributed by atoms with Gasteiger partial charge >= 0.3 is 0 Å². The van der Waals surface area contributed by atoms with Crippen molar-refractivity contribution in [2.45, 2.75) is 13.8 Å². The Hall–Kier alpha value is -1.66. The number of amides is 1. The molecule has 5 nitrogen and oxygen atoms in total. The molecule has 1 amide bonds. The normalized spacial score (nSPS) is 21.3. The Kier molecular flexibility index (Phi) is 4.55. The zero-order valence-electron chi connectivity index (χ0n) is 13.7. The highest BCUT2D eigenvalue weighted by Gasteiger charge is 2.29. The number of anilines is 1. The molecule has 0 aliphatic carbocycles. The van der Waals surface area contributed by atoms with E-state index in [4.69, 9.17) is 0 Å². The summed E-state index contributed by atoms with van der Waals surface area (Å²) in [6.45, 7) is 7.82. The number of hydrogen-bond donors (Lipinski definition) is 0. The van der Waals surface area contributed by atoms with Crippen LogP contribution in [0.3, 0.4) is 0 Å². The quantitative estimate of drug-likeness (QED) is 0.744. The molecule has 0 spiro atoms. The molecule has 23 heavy (non-hydrogen) atoms. The molecule has 2 aliphatic rings. The van der Waals surface area contributed by atoms with Crippen LogP contribution in [0.5, 0.6) is 0 Å². The van der Waals surface area contributed by atoms with Crippen LogP contribution >= 0.6 is 15.9 Å². The summed E-state index contributed by atoms with van der Waals surface area (Å²) in [5.41, 5.74) is 3.35. The molecule has 0 bridgehead atoms. The molecular formula is C17H21BrN4O. The first-order valence-corrected chi connectivity index (χ1v) is 8.55. The molecule has 0 N–H and O–H groups in total. The van der Waals surface area contributed by atoms with E-state index < -0.39 is 0 Å². The molecule has 122 valence electrons. The van der Waals surface area contributed by atoms with Crippen LogP contribution in [0.1, 0.15) is 12.5 Å². The van der Waals surface area contributed by atoms with Crippen molar-refractivity contribution in [3.05, 3.63) is 40.0 Å². The van der Waals surface area contributed by atoms with Crippen LogP contribution < -0.4 is 5.01 Å². The lowest BCUT2D eigenvalue weighted by atomic mass is 10.1. The van der Waals surface area contributed by atoms with Gasteiger partial charge in [0.2, 0.25) is 0 Å². The number of piperazine rings is 1. The summed E-state index contributed by atoms with van der Waals surface area (Å²) in [7, 11) is 2.12. The highest BCUT2D eigenvalue weighted by molar-refractivity contribution is 9.10. The van der Waals surface area contributed by atoms with Crippen molar-refractivity contribution in [3.8, 4) is 0 Å². The number of aryl methyl sites for hydroxylation is 1. The maximum atomic E-state index is 12.7.